The molecule has 0 heterocycles. The Morgan fingerprint density at radius 3 is 2.45 bits per heavy atom. The van der Waals surface area contributed by atoms with Gasteiger partial charge < -0.3 is 10.3 Å². The van der Waals surface area contributed by atoms with Crippen LogP contribution in [0.5, 0.6) is 0 Å². The number of carbonyl (C=O) groups is 2. The third-order valence-corrected chi connectivity index (χ3v) is 4.30. The minimum absolute atomic E-state index is 0.00337. The van der Waals surface area contributed by atoms with E-state index in [-0.39, 0.29) is 17.2 Å². The van der Waals surface area contributed by atoms with Gasteiger partial charge in [-0.3, -0.25) is 9.59 Å². The normalized spacial score (nSPS) is 30.4. The average Bonchev–Trinajstić information content (AvgIpc) is 2.65. The molecule has 1 atom stereocenters. The Balaban J connectivity index is 2.04. The number of ketones is 1. The highest BCUT2D eigenvalue weighted by atomic mass is 16.6. The summed E-state index contributed by atoms with van der Waals surface area (Å²) >= 11 is 0. The molecule has 2 fully saturated rings. The molecule has 5 nitrogen and oxygen atoms in total. The van der Waals surface area contributed by atoms with Crippen LogP contribution in [0.25, 0.3) is 5.53 Å². The third-order valence-electron chi connectivity index (χ3n) is 4.30. The molecule has 1 unspecified atom stereocenters. The van der Waals surface area contributed by atoms with E-state index in [9.17, 15) is 9.59 Å². The van der Waals surface area contributed by atoms with Crippen molar-refractivity contribution >= 4 is 17.5 Å². The monoisotopic (exact) mass is 278 g/mol. The number of esters is 1. The van der Waals surface area contributed by atoms with E-state index < -0.39 is 11.5 Å². The maximum Gasteiger partial charge on any atom is 0.317 e. The summed E-state index contributed by atoms with van der Waals surface area (Å²) in [5, 5.41) is 0. The van der Waals surface area contributed by atoms with Gasteiger partial charge in [0.05, 0.1) is 0 Å². The molecule has 0 aromatic heterocycles. The van der Waals surface area contributed by atoms with E-state index in [1.165, 1.54) is 0 Å². The zero-order chi connectivity index (χ0) is 15.0. The summed E-state index contributed by atoms with van der Waals surface area (Å²) in [5.74, 6) is -0.994. The molecule has 0 aromatic carbocycles. The van der Waals surface area contributed by atoms with Crippen LogP contribution in [0.15, 0.2) is 0 Å². The predicted octanol–water partition coefficient (Wildman–Crippen LogP) is 2.54. The van der Waals surface area contributed by atoms with E-state index in [2.05, 4.69) is 4.79 Å². The summed E-state index contributed by atoms with van der Waals surface area (Å²) in [6.45, 7) is 5.43. The standard InChI is InChI=1S/C15H22N2O3/c1-14(2,3)20-13(19)11-8-15(9-12(11)18)6-4-10(17-16)5-7-15/h11H,4-9H2,1-3H3. The van der Waals surface area contributed by atoms with Crippen molar-refractivity contribution < 1.29 is 19.1 Å². The maximum atomic E-state index is 12.1. The van der Waals surface area contributed by atoms with Crippen LogP contribution in [-0.4, -0.2) is 27.9 Å². The van der Waals surface area contributed by atoms with Gasteiger partial charge in [-0.05, 0) is 45.4 Å². The second-order valence-electron chi connectivity index (χ2n) is 7.10. The number of Topliss-reactive ketones (excluding diaryl/α,β-unsaturated/α-hetero) is 1. The topological polar surface area (TPSA) is 79.8 Å². The first-order chi connectivity index (χ1) is 9.25. The van der Waals surface area contributed by atoms with Crippen LogP contribution < -0.4 is 0 Å². The van der Waals surface area contributed by atoms with E-state index in [0.717, 1.165) is 18.6 Å². The van der Waals surface area contributed by atoms with Crippen molar-refractivity contribution in [1.82, 2.24) is 0 Å². The molecular weight excluding hydrogens is 256 g/mol. The van der Waals surface area contributed by atoms with Crippen molar-refractivity contribution in [1.29, 1.82) is 0 Å². The van der Waals surface area contributed by atoms with E-state index in [1.54, 1.807) is 0 Å². The fourth-order valence-electron chi connectivity index (χ4n) is 3.25. The van der Waals surface area contributed by atoms with E-state index >= 15 is 0 Å². The van der Waals surface area contributed by atoms with Gasteiger partial charge in [0.25, 0.3) is 5.71 Å². The first-order valence-electron chi connectivity index (χ1n) is 7.20. The quantitative estimate of drug-likeness (QED) is 0.320. The van der Waals surface area contributed by atoms with Gasteiger partial charge in [0.2, 0.25) is 0 Å². The molecule has 1 spiro atoms. The summed E-state index contributed by atoms with van der Waals surface area (Å²) in [6, 6.07) is 0. The fourth-order valence-corrected chi connectivity index (χ4v) is 3.25. The van der Waals surface area contributed by atoms with Gasteiger partial charge >= 0.3 is 5.97 Å². The third kappa shape index (κ3) is 3.15. The highest BCUT2D eigenvalue weighted by molar-refractivity contribution is 6.01. The molecule has 2 rings (SSSR count). The Morgan fingerprint density at radius 2 is 1.95 bits per heavy atom. The Kier molecular flexibility index (Phi) is 3.83. The highest BCUT2D eigenvalue weighted by Crippen LogP contribution is 2.49. The number of carbonyl (C=O) groups excluding carboxylic acids is 2. The summed E-state index contributed by atoms with van der Waals surface area (Å²) < 4.78 is 5.34. The Hall–Kier alpha value is -1.48. The molecule has 2 aliphatic carbocycles. The van der Waals surface area contributed by atoms with Crippen molar-refractivity contribution in [2.75, 3.05) is 0 Å². The lowest BCUT2D eigenvalue weighted by molar-refractivity contribution is -0.161. The van der Waals surface area contributed by atoms with Gasteiger partial charge in [-0.1, -0.05) is 0 Å². The van der Waals surface area contributed by atoms with Crippen LogP contribution in [0.4, 0.5) is 0 Å². The Labute approximate surface area is 119 Å². The van der Waals surface area contributed by atoms with Crippen molar-refractivity contribution in [3.05, 3.63) is 5.53 Å². The molecule has 0 N–H and O–H groups in total. The Bertz CT molecular complexity index is 474. The summed E-state index contributed by atoms with van der Waals surface area (Å²) in [4.78, 5) is 27.5. The van der Waals surface area contributed by atoms with E-state index in [1.807, 2.05) is 20.8 Å². The van der Waals surface area contributed by atoms with Gasteiger partial charge in [-0.15, -0.1) is 0 Å². The molecule has 5 heteroatoms. The molecule has 0 bridgehead atoms. The number of rotatable bonds is 1. The maximum absolute atomic E-state index is 12.1. The molecular formula is C15H22N2O3. The van der Waals surface area contributed by atoms with Crippen LogP contribution >= 0.6 is 0 Å². The van der Waals surface area contributed by atoms with Crippen LogP contribution in [0.1, 0.15) is 59.3 Å². The van der Waals surface area contributed by atoms with Crippen molar-refractivity contribution in [3.63, 3.8) is 0 Å². The lowest BCUT2D eigenvalue weighted by Gasteiger charge is -2.30. The van der Waals surface area contributed by atoms with Gasteiger partial charge in [0.1, 0.15) is 17.3 Å². The minimum Gasteiger partial charge on any atom is -0.459 e. The first-order valence-corrected chi connectivity index (χ1v) is 7.20. The van der Waals surface area contributed by atoms with Crippen molar-refractivity contribution in [2.45, 2.75) is 64.9 Å². The van der Waals surface area contributed by atoms with Gasteiger partial charge in [-0.2, -0.15) is 4.79 Å². The van der Waals surface area contributed by atoms with Crippen LogP contribution in [0.2, 0.25) is 0 Å². The number of nitrogens with zero attached hydrogens (tertiary/aromatic N) is 2. The largest absolute Gasteiger partial charge is 0.459 e. The summed E-state index contributed by atoms with van der Waals surface area (Å²) in [7, 11) is 0. The molecule has 0 aromatic rings. The fraction of sp³-hybridized carbons (Fsp3) is 0.800. The number of hydrogen-bond acceptors (Lipinski definition) is 3. The van der Waals surface area contributed by atoms with Gasteiger partial charge in [0, 0.05) is 19.3 Å². The van der Waals surface area contributed by atoms with Gasteiger partial charge in [-0.25, -0.2) is 0 Å². The second-order valence-corrected chi connectivity index (χ2v) is 7.10. The zero-order valence-electron chi connectivity index (χ0n) is 12.4. The SMILES string of the molecule is CC(C)(C)OC(=O)C1CC2(CCC(=[N+]=[N-])CC2)CC1=O. The highest BCUT2D eigenvalue weighted by Gasteiger charge is 2.50. The molecule has 2 aliphatic rings. The summed E-state index contributed by atoms with van der Waals surface area (Å²) in [6.07, 6.45) is 4.10. The van der Waals surface area contributed by atoms with E-state index in [0.29, 0.717) is 25.7 Å². The minimum atomic E-state index is -0.609. The van der Waals surface area contributed by atoms with Gasteiger partial charge in [0.15, 0.2) is 0 Å². The van der Waals surface area contributed by atoms with E-state index in [4.69, 9.17) is 10.3 Å². The first kappa shape index (κ1) is 14.9. The molecule has 2 saturated carbocycles. The van der Waals surface area contributed by atoms with Crippen LogP contribution in [0.3, 0.4) is 0 Å². The molecule has 0 radical (unpaired) electrons. The molecule has 0 amide bonds. The lowest BCUT2D eigenvalue weighted by Crippen LogP contribution is -2.31. The average molecular weight is 278 g/mol. The summed E-state index contributed by atoms with van der Waals surface area (Å²) in [5.41, 5.74) is 8.93. The smallest absolute Gasteiger partial charge is 0.317 e. The second kappa shape index (κ2) is 5.13. The molecule has 0 saturated heterocycles. The van der Waals surface area contributed by atoms with Crippen molar-refractivity contribution in [2.24, 2.45) is 11.3 Å². The van der Waals surface area contributed by atoms with Crippen LogP contribution in [0, 0.1) is 11.3 Å². The molecule has 110 valence electrons. The predicted molar refractivity (Wildman–Crippen MR) is 73.1 cm³/mol. The Morgan fingerprint density at radius 1 is 1.35 bits per heavy atom. The lowest BCUT2D eigenvalue weighted by atomic mass is 9.72. The number of ether oxygens (including phenoxy) is 1. The van der Waals surface area contributed by atoms with Crippen LogP contribution in [-0.2, 0) is 14.3 Å². The zero-order valence-corrected chi connectivity index (χ0v) is 12.4. The van der Waals surface area contributed by atoms with Crippen molar-refractivity contribution in [3.8, 4) is 0 Å². The molecule has 0 aliphatic heterocycles. The molecule has 20 heavy (non-hydrogen) atoms. The number of hydrogen-bond donors (Lipinski definition) is 0.